The molecule has 9 nitrogen and oxygen atoms in total. The van der Waals surface area contributed by atoms with Gasteiger partial charge in [-0.05, 0) is 260 Å². The summed E-state index contributed by atoms with van der Waals surface area (Å²) in [6, 6.07) is 171. The van der Waals surface area contributed by atoms with Crippen LogP contribution in [0.1, 0.15) is 0 Å². The zero-order chi connectivity index (χ0) is 86.6. The molecule has 614 valence electrons. The van der Waals surface area contributed by atoms with E-state index in [1.807, 2.05) is 0 Å². The second-order valence-electron chi connectivity index (χ2n) is 34.6. The maximum Gasteiger partial charge on any atom is 0.240 e. The number of hydrogen-bond donors (Lipinski definition) is 0. The first-order chi connectivity index (χ1) is 65.4. The SMILES string of the molecule is c1ccc(-c2ccc(-c3cccc(-c4nc(-n5c6ccc(-c7ccc8c(c7)c7ccccc7n8-c7ccccc7)cc6c6cc(-c7ccc8c(c7)c7ccccc7n8-c7ccccc7)ccc65)nc(-n5c6ccc(-c7ccc8c(c7)c7ccccc7n8-c7ccccc7)cc6c6cc(-c7ccc8c(c7)c7ccccc7n8-c7ccccc7)ccc65)n4)c3)cc2-c2ccccc2)cc1. The van der Waals surface area contributed by atoms with Crippen LogP contribution in [0, 0.1) is 0 Å². The van der Waals surface area contributed by atoms with Gasteiger partial charge in [0.1, 0.15) is 0 Å². The molecule has 0 bridgehead atoms. The van der Waals surface area contributed by atoms with Gasteiger partial charge in [0.15, 0.2) is 5.82 Å². The predicted octanol–water partition coefficient (Wildman–Crippen LogP) is 31.8. The van der Waals surface area contributed by atoms with Crippen LogP contribution in [0.2, 0.25) is 0 Å². The van der Waals surface area contributed by atoms with E-state index in [0.717, 1.165) is 194 Å². The first kappa shape index (κ1) is 74.5. The van der Waals surface area contributed by atoms with Gasteiger partial charge in [-0.1, -0.05) is 285 Å². The normalized spacial score (nSPS) is 11.9. The number of benzene rings is 20. The van der Waals surface area contributed by atoms with Crippen LogP contribution in [0.5, 0.6) is 0 Å². The highest BCUT2D eigenvalue weighted by Crippen LogP contribution is 2.47. The van der Waals surface area contributed by atoms with Crippen LogP contribution in [0.25, 0.3) is 255 Å². The summed E-state index contributed by atoms with van der Waals surface area (Å²) in [4.78, 5) is 17.7. The van der Waals surface area contributed by atoms with E-state index >= 15 is 0 Å². The van der Waals surface area contributed by atoms with Gasteiger partial charge in [-0.3, -0.25) is 9.13 Å². The molecular weight excluding hydrogens is 1600 g/mol. The molecule has 0 unspecified atom stereocenters. The molecular formula is C123H77N9. The van der Waals surface area contributed by atoms with Crippen molar-refractivity contribution < 1.29 is 0 Å². The van der Waals surface area contributed by atoms with E-state index in [4.69, 9.17) is 15.0 Å². The standard InChI is InChI=1S/C123H77N9/c1-7-28-78(29-8-1)95-59-50-81(69-100(95)79-30-9-2-10-31-79)80-32-27-33-90(68-80)121-124-122(131-117-64-55-86(82-51-60-113-101(70-82)96-42-19-23-46-109(96)127(113)91-34-11-3-12-35-91)74-105(117)106-75-87(56-65-118(106)131)83-52-61-114-102(71-83)97-43-20-24-47-110(97)128(114)92-36-13-4-14-37-92)126-123(125-121)132-119-66-57-88(84-53-62-115-103(72-84)98-44-21-25-48-111(98)129(115)93-38-15-5-16-39-93)76-107(119)108-77-89(58-67-120(108)132)85-54-63-116-104(73-85)99-45-22-26-49-112(99)130(116)94-40-17-6-18-41-94/h1-77H. The summed E-state index contributed by atoms with van der Waals surface area (Å²) >= 11 is 0. The number of rotatable bonds is 14. The van der Waals surface area contributed by atoms with Crippen LogP contribution in [0.3, 0.4) is 0 Å². The van der Waals surface area contributed by atoms with Gasteiger partial charge in [0, 0.05) is 92.9 Å². The predicted molar refractivity (Wildman–Crippen MR) is 549 cm³/mol. The van der Waals surface area contributed by atoms with Crippen LogP contribution >= 0.6 is 0 Å². The van der Waals surface area contributed by atoms with Gasteiger partial charge >= 0.3 is 0 Å². The molecule has 0 fully saturated rings. The molecule has 9 heteroatoms. The fourth-order valence-electron chi connectivity index (χ4n) is 21.2. The molecule has 0 aliphatic heterocycles. The number of para-hydroxylation sites is 8. The molecule has 20 aromatic carbocycles. The summed E-state index contributed by atoms with van der Waals surface area (Å²) in [7, 11) is 0. The third-order valence-electron chi connectivity index (χ3n) is 27.3. The van der Waals surface area contributed by atoms with E-state index < -0.39 is 0 Å². The molecule has 27 aromatic rings. The van der Waals surface area contributed by atoms with Crippen molar-refractivity contribution in [2.45, 2.75) is 0 Å². The quantitative estimate of drug-likeness (QED) is 0.109. The van der Waals surface area contributed by atoms with E-state index in [1.54, 1.807) is 0 Å². The van der Waals surface area contributed by atoms with E-state index in [0.29, 0.717) is 17.7 Å². The summed E-state index contributed by atoms with van der Waals surface area (Å²) in [5, 5.41) is 13.7. The van der Waals surface area contributed by atoms with Crippen LogP contribution in [-0.4, -0.2) is 42.4 Å². The number of nitrogens with zero attached hydrogens (tertiary/aromatic N) is 9. The van der Waals surface area contributed by atoms with E-state index in [1.165, 1.54) is 43.1 Å². The Bertz CT molecular complexity index is 8500. The third-order valence-corrected chi connectivity index (χ3v) is 27.3. The van der Waals surface area contributed by atoms with Crippen molar-refractivity contribution in [1.82, 2.24) is 42.4 Å². The van der Waals surface area contributed by atoms with Gasteiger partial charge in [-0.15, -0.1) is 0 Å². The van der Waals surface area contributed by atoms with Crippen LogP contribution in [-0.2, 0) is 0 Å². The highest BCUT2D eigenvalue weighted by Gasteiger charge is 2.27. The largest absolute Gasteiger partial charge is 0.309 e. The zero-order valence-corrected chi connectivity index (χ0v) is 71.5. The van der Waals surface area contributed by atoms with Crippen molar-refractivity contribution in [2.24, 2.45) is 0 Å². The van der Waals surface area contributed by atoms with Crippen molar-refractivity contribution in [3.8, 4) is 124 Å². The van der Waals surface area contributed by atoms with E-state index in [2.05, 4.69) is 495 Å². The molecule has 7 heterocycles. The lowest BCUT2D eigenvalue weighted by atomic mass is 9.91. The van der Waals surface area contributed by atoms with Gasteiger partial charge in [0.2, 0.25) is 11.9 Å². The number of fused-ring (bicyclic) bond motifs is 18. The van der Waals surface area contributed by atoms with Crippen molar-refractivity contribution >= 4 is 131 Å². The Morgan fingerprint density at radius 3 is 0.636 bits per heavy atom. The second-order valence-corrected chi connectivity index (χ2v) is 34.6. The minimum Gasteiger partial charge on any atom is -0.309 e. The van der Waals surface area contributed by atoms with Crippen molar-refractivity contribution in [1.29, 1.82) is 0 Å². The lowest BCUT2D eigenvalue weighted by Gasteiger charge is -2.15. The van der Waals surface area contributed by atoms with Crippen LogP contribution < -0.4 is 0 Å². The molecule has 0 saturated heterocycles. The third kappa shape index (κ3) is 11.9. The van der Waals surface area contributed by atoms with Gasteiger partial charge in [-0.25, -0.2) is 0 Å². The first-order valence-corrected chi connectivity index (χ1v) is 45.1. The Morgan fingerprint density at radius 2 is 0.333 bits per heavy atom. The molecule has 0 aliphatic rings. The summed E-state index contributed by atoms with van der Waals surface area (Å²) < 4.78 is 14.1. The molecule has 0 aliphatic carbocycles. The average Bonchev–Trinajstić information content (AvgIpc) is 1.57. The Labute approximate surface area is 759 Å². The molecule has 7 aromatic heterocycles. The summed E-state index contributed by atoms with van der Waals surface area (Å²) in [6.45, 7) is 0. The molecule has 0 spiro atoms. The molecule has 0 amide bonds. The maximum absolute atomic E-state index is 5.99. The maximum atomic E-state index is 5.99. The molecule has 0 saturated carbocycles. The minimum absolute atomic E-state index is 0.471. The summed E-state index contributed by atoms with van der Waals surface area (Å²) in [5.41, 5.74) is 33.8. The van der Waals surface area contributed by atoms with Gasteiger partial charge in [0.05, 0.1) is 66.2 Å². The molecule has 132 heavy (non-hydrogen) atoms. The smallest absolute Gasteiger partial charge is 0.240 e. The molecule has 0 N–H and O–H groups in total. The number of hydrogen-bond acceptors (Lipinski definition) is 3. The fraction of sp³-hybridized carbons (Fsp3) is 0. The van der Waals surface area contributed by atoms with Crippen molar-refractivity contribution in [3.63, 3.8) is 0 Å². The summed E-state index contributed by atoms with van der Waals surface area (Å²) in [6.07, 6.45) is 0. The molecule has 0 radical (unpaired) electrons. The lowest BCUT2D eigenvalue weighted by Crippen LogP contribution is -2.10. The Balaban J connectivity index is 0.698. The topological polar surface area (TPSA) is 68.2 Å². The van der Waals surface area contributed by atoms with E-state index in [9.17, 15) is 0 Å². The van der Waals surface area contributed by atoms with Crippen LogP contribution in [0.15, 0.2) is 467 Å². The lowest BCUT2D eigenvalue weighted by molar-refractivity contribution is 0.893. The first-order valence-electron chi connectivity index (χ1n) is 45.1. The molecule has 27 rings (SSSR count). The highest BCUT2D eigenvalue weighted by atomic mass is 15.3. The minimum atomic E-state index is 0.471. The van der Waals surface area contributed by atoms with Crippen molar-refractivity contribution in [2.75, 3.05) is 0 Å². The van der Waals surface area contributed by atoms with Crippen LogP contribution in [0.4, 0.5) is 0 Å². The van der Waals surface area contributed by atoms with Gasteiger partial charge < -0.3 is 18.3 Å². The molecule has 0 atom stereocenters. The number of aromatic nitrogens is 9. The van der Waals surface area contributed by atoms with E-state index in [-0.39, 0.29) is 0 Å². The summed E-state index contributed by atoms with van der Waals surface area (Å²) in [5.74, 6) is 1.46. The second kappa shape index (κ2) is 29.9. The Morgan fingerprint density at radius 1 is 0.121 bits per heavy atom. The monoisotopic (exact) mass is 1680 g/mol. The van der Waals surface area contributed by atoms with Gasteiger partial charge in [0.25, 0.3) is 0 Å². The highest BCUT2D eigenvalue weighted by molar-refractivity contribution is 6.18. The zero-order valence-electron chi connectivity index (χ0n) is 71.5. The fourth-order valence-corrected chi connectivity index (χ4v) is 21.2. The Hall–Kier alpha value is -17.8. The van der Waals surface area contributed by atoms with Crippen molar-refractivity contribution in [3.05, 3.63) is 467 Å². The average molecular weight is 1680 g/mol. The Kier molecular flexibility index (Phi) is 16.9. The van der Waals surface area contributed by atoms with Gasteiger partial charge in [-0.2, -0.15) is 15.0 Å².